The van der Waals surface area contributed by atoms with E-state index in [2.05, 4.69) is 5.32 Å². The minimum Gasteiger partial charge on any atom is -0.494 e. The van der Waals surface area contributed by atoms with Gasteiger partial charge in [-0.3, -0.25) is 9.59 Å². The van der Waals surface area contributed by atoms with E-state index < -0.39 is 6.04 Å². The number of ketones is 1. The Morgan fingerprint density at radius 1 is 1.39 bits per heavy atom. The lowest BCUT2D eigenvalue weighted by Crippen LogP contribution is -2.37. The summed E-state index contributed by atoms with van der Waals surface area (Å²) in [5, 5.41) is 2.63. The van der Waals surface area contributed by atoms with Crippen molar-refractivity contribution in [2.45, 2.75) is 33.2 Å². The number of rotatable bonds is 6. The number of carbonyl (C=O) groups excluding carboxylic acids is 2. The average molecular weight is 249 g/mol. The van der Waals surface area contributed by atoms with E-state index in [0.717, 1.165) is 6.42 Å². The highest BCUT2D eigenvalue weighted by molar-refractivity contribution is 5.97. The van der Waals surface area contributed by atoms with Gasteiger partial charge in [0.05, 0.1) is 12.6 Å². The third kappa shape index (κ3) is 4.20. The molecule has 1 unspecified atom stereocenters. The SMILES string of the molecule is CCCOc1cccc(C(=O)NC(C)C(C)=O)c1. The molecule has 1 rings (SSSR count). The Kier molecular flexibility index (Phi) is 5.36. The number of hydrogen-bond donors (Lipinski definition) is 1. The molecule has 0 heterocycles. The van der Waals surface area contributed by atoms with Crippen molar-refractivity contribution < 1.29 is 14.3 Å². The van der Waals surface area contributed by atoms with Gasteiger partial charge >= 0.3 is 0 Å². The fourth-order valence-corrected chi connectivity index (χ4v) is 1.33. The molecule has 1 aromatic carbocycles. The standard InChI is InChI=1S/C14H19NO3/c1-4-8-18-13-7-5-6-12(9-13)14(17)15-10(2)11(3)16/h5-7,9-10H,4,8H2,1-3H3,(H,15,17). The monoisotopic (exact) mass is 249 g/mol. The Balaban J connectivity index is 2.70. The summed E-state index contributed by atoms with van der Waals surface area (Å²) in [4.78, 5) is 22.9. The summed E-state index contributed by atoms with van der Waals surface area (Å²) in [5.41, 5.74) is 0.497. The molecule has 0 aliphatic heterocycles. The highest BCUT2D eigenvalue weighted by Gasteiger charge is 2.13. The van der Waals surface area contributed by atoms with E-state index in [9.17, 15) is 9.59 Å². The van der Waals surface area contributed by atoms with Crippen LogP contribution in [0.3, 0.4) is 0 Å². The summed E-state index contributed by atoms with van der Waals surface area (Å²) in [6.45, 7) is 5.75. The molecule has 0 aliphatic carbocycles. The Hall–Kier alpha value is -1.84. The van der Waals surface area contributed by atoms with Gasteiger partial charge in [0.2, 0.25) is 0 Å². The maximum absolute atomic E-state index is 11.9. The summed E-state index contributed by atoms with van der Waals surface area (Å²) in [6, 6.07) is 6.47. The van der Waals surface area contributed by atoms with Crippen molar-refractivity contribution in [1.29, 1.82) is 0 Å². The zero-order valence-corrected chi connectivity index (χ0v) is 11.0. The molecule has 0 saturated heterocycles. The molecule has 0 fully saturated rings. The fraction of sp³-hybridized carbons (Fsp3) is 0.429. The van der Waals surface area contributed by atoms with Gasteiger partial charge < -0.3 is 10.1 Å². The van der Waals surface area contributed by atoms with Crippen molar-refractivity contribution in [3.05, 3.63) is 29.8 Å². The molecule has 98 valence electrons. The molecule has 4 heteroatoms. The van der Waals surface area contributed by atoms with Crippen molar-refractivity contribution in [2.24, 2.45) is 0 Å². The van der Waals surface area contributed by atoms with E-state index >= 15 is 0 Å². The van der Waals surface area contributed by atoms with Crippen molar-refractivity contribution in [3.63, 3.8) is 0 Å². The first-order valence-electron chi connectivity index (χ1n) is 6.08. The summed E-state index contributed by atoms with van der Waals surface area (Å²) in [7, 11) is 0. The maximum Gasteiger partial charge on any atom is 0.251 e. The minimum atomic E-state index is -0.474. The van der Waals surface area contributed by atoms with Gasteiger partial charge in [0.1, 0.15) is 5.75 Å². The van der Waals surface area contributed by atoms with Crippen LogP contribution in [0.15, 0.2) is 24.3 Å². The predicted molar refractivity (Wildman–Crippen MR) is 69.8 cm³/mol. The van der Waals surface area contributed by atoms with E-state index in [0.29, 0.717) is 17.9 Å². The van der Waals surface area contributed by atoms with Gasteiger partial charge in [-0.15, -0.1) is 0 Å². The van der Waals surface area contributed by atoms with Gasteiger partial charge in [0.25, 0.3) is 5.91 Å². The van der Waals surface area contributed by atoms with Crippen molar-refractivity contribution in [3.8, 4) is 5.75 Å². The molecule has 1 N–H and O–H groups in total. The van der Waals surface area contributed by atoms with Crippen LogP contribution in [0.4, 0.5) is 0 Å². The van der Waals surface area contributed by atoms with E-state index in [4.69, 9.17) is 4.74 Å². The molecule has 1 aromatic rings. The van der Waals surface area contributed by atoms with Crippen molar-refractivity contribution in [2.75, 3.05) is 6.61 Å². The lowest BCUT2D eigenvalue weighted by Gasteiger charge is -2.11. The van der Waals surface area contributed by atoms with Crippen molar-refractivity contribution in [1.82, 2.24) is 5.32 Å². The van der Waals surface area contributed by atoms with Gasteiger partial charge in [-0.2, -0.15) is 0 Å². The molecule has 1 atom stereocenters. The number of benzene rings is 1. The van der Waals surface area contributed by atoms with Gasteiger partial charge in [-0.1, -0.05) is 13.0 Å². The minimum absolute atomic E-state index is 0.0678. The molecular formula is C14H19NO3. The van der Waals surface area contributed by atoms with E-state index in [-0.39, 0.29) is 11.7 Å². The lowest BCUT2D eigenvalue weighted by molar-refractivity contribution is -0.118. The predicted octanol–water partition coefficient (Wildman–Crippen LogP) is 2.18. The molecular weight excluding hydrogens is 230 g/mol. The summed E-state index contributed by atoms with van der Waals surface area (Å²) in [5.74, 6) is 0.335. The Morgan fingerprint density at radius 2 is 2.11 bits per heavy atom. The lowest BCUT2D eigenvalue weighted by atomic mass is 10.1. The Bertz CT molecular complexity index is 429. The summed E-state index contributed by atoms with van der Waals surface area (Å²) < 4.78 is 5.45. The Morgan fingerprint density at radius 3 is 2.72 bits per heavy atom. The molecule has 0 aromatic heterocycles. The van der Waals surface area contributed by atoms with Gasteiger partial charge in [-0.05, 0) is 38.5 Å². The second-order valence-electron chi connectivity index (χ2n) is 4.18. The van der Waals surface area contributed by atoms with E-state index in [1.807, 2.05) is 6.92 Å². The average Bonchev–Trinajstić information content (AvgIpc) is 2.36. The van der Waals surface area contributed by atoms with Crippen LogP contribution in [0.2, 0.25) is 0 Å². The highest BCUT2D eigenvalue weighted by Crippen LogP contribution is 2.13. The highest BCUT2D eigenvalue weighted by atomic mass is 16.5. The topological polar surface area (TPSA) is 55.4 Å². The number of carbonyl (C=O) groups is 2. The molecule has 1 amide bonds. The number of ether oxygens (including phenoxy) is 1. The van der Waals surface area contributed by atoms with Crippen LogP contribution < -0.4 is 10.1 Å². The number of hydrogen-bond acceptors (Lipinski definition) is 3. The van der Waals surface area contributed by atoms with Crippen molar-refractivity contribution >= 4 is 11.7 Å². The van der Waals surface area contributed by atoms with Gasteiger partial charge in [0.15, 0.2) is 5.78 Å². The van der Waals surface area contributed by atoms with E-state index in [1.165, 1.54) is 6.92 Å². The first kappa shape index (κ1) is 14.2. The molecule has 0 spiro atoms. The number of amides is 1. The van der Waals surface area contributed by atoms with Crippen LogP contribution in [0.1, 0.15) is 37.6 Å². The maximum atomic E-state index is 11.9. The quantitative estimate of drug-likeness (QED) is 0.840. The molecule has 0 aliphatic rings. The smallest absolute Gasteiger partial charge is 0.251 e. The second kappa shape index (κ2) is 6.79. The second-order valence-corrected chi connectivity index (χ2v) is 4.18. The largest absolute Gasteiger partial charge is 0.494 e. The fourth-order valence-electron chi connectivity index (χ4n) is 1.33. The van der Waals surface area contributed by atoms with Gasteiger partial charge in [-0.25, -0.2) is 0 Å². The first-order valence-corrected chi connectivity index (χ1v) is 6.08. The van der Waals surface area contributed by atoms with Crippen LogP contribution in [-0.4, -0.2) is 24.3 Å². The third-order valence-corrected chi connectivity index (χ3v) is 2.53. The van der Waals surface area contributed by atoms with Crippen LogP contribution in [0.25, 0.3) is 0 Å². The molecule has 0 bridgehead atoms. The molecule has 4 nitrogen and oxygen atoms in total. The van der Waals surface area contributed by atoms with Crippen LogP contribution >= 0.6 is 0 Å². The van der Waals surface area contributed by atoms with Crippen LogP contribution in [0, 0.1) is 0 Å². The van der Waals surface area contributed by atoms with Gasteiger partial charge in [0, 0.05) is 5.56 Å². The van der Waals surface area contributed by atoms with Crippen LogP contribution in [0.5, 0.6) is 5.75 Å². The third-order valence-electron chi connectivity index (χ3n) is 2.53. The van der Waals surface area contributed by atoms with Crippen LogP contribution in [-0.2, 0) is 4.79 Å². The first-order chi connectivity index (χ1) is 8.54. The normalized spacial score (nSPS) is 11.7. The molecule has 18 heavy (non-hydrogen) atoms. The number of Topliss-reactive ketones (excluding diaryl/α,β-unsaturated/α-hetero) is 1. The summed E-state index contributed by atoms with van der Waals surface area (Å²) >= 11 is 0. The zero-order chi connectivity index (χ0) is 13.5. The Labute approximate surface area is 107 Å². The van der Waals surface area contributed by atoms with E-state index in [1.54, 1.807) is 31.2 Å². The zero-order valence-electron chi connectivity index (χ0n) is 11.0. The molecule has 0 radical (unpaired) electrons. The summed E-state index contributed by atoms with van der Waals surface area (Å²) in [6.07, 6.45) is 0.914. The molecule has 0 saturated carbocycles. The number of nitrogens with one attached hydrogen (secondary N) is 1.